The van der Waals surface area contributed by atoms with Crippen LogP contribution in [0, 0.1) is 0 Å². The molecule has 0 spiro atoms. The van der Waals surface area contributed by atoms with E-state index in [1.807, 2.05) is 18.2 Å². The van der Waals surface area contributed by atoms with Crippen molar-refractivity contribution in [3.8, 4) is 11.5 Å². The molecule has 1 aliphatic carbocycles. The van der Waals surface area contributed by atoms with E-state index in [0.717, 1.165) is 24.8 Å². The van der Waals surface area contributed by atoms with Gasteiger partial charge in [0.15, 0.2) is 17.6 Å². The van der Waals surface area contributed by atoms with Crippen LogP contribution in [0.1, 0.15) is 42.5 Å². The number of benzene rings is 2. The van der Waals surface area contributed by atoms with Gasteiger partial charge in [0.1, 0.15) is 0 Å². The van der Waals surface area contributed by atoms with Crippen LogP contribution in [0.2, 0.25) is 0 Å². The first-order chi connectivity index (χ1) is 14.5. The van der Waals surface area contributed by atoms with Gasteiger partial charge in [-0.3, -0.25) is 4.79 Å². The third-order valence-electron chi connectivity index (χ3n) is 5.18. The summed E-state index contributed by atoms with van der Waals surface area (Å²) in [6.45, 7) is 1.57. The number of methoxy groups -OCH3 is 2. The van der Waals surface area contributed by atoms with Crippen molar-refractivity contribution in [2.75, 3.05) is 14.2 Å². The molecule has 30 heavy (non-hydrogen) atoms. The largest absolute Gasteiger partial charge is 0.493 e. The smallest absolute Gasteiger partial charge is 0.331 e. The zero-order chi connectivity index (χ0) is 21.5. The lowest BCUT2D eigenvalue weighted by molar-refractivity contribution is -0.150. The second kappa shape index (κ2) is 9.96. The molecular formula is C24H27NO5. The van der Waals surface area contributed by atoms with E-state index in [0.29, 0.717) is 17.1 Å². The second-order valence-electron chi connectivity index (χ2n) is 7.15. The molecule has 6 heteroatoms. The number of amides is 1. The topological polar surface area (TPSA) is 73.9 Å². The maximum atomic E-state index is 12.6. The molecule has 0 aliphatic heterocycles. The molecule has 0 unspecified atom stereocenters. The van der Waals surface area contributed by atoms with Gasteiger partial charge in [-0.15, -0.1) is 0 Å². The van der Waals surface area contributed by atoms with Crippen molar-refractivity contribution in [1.29, 1.82) is 0 Å². The van der Waals surface area contributed by atoms with Gasteiger partial charge < -0.3 is 19.5 Å². The van der Waals surface area contributed by atoms with Crippen LogP contribution in [0.4, 0.5) is 0 Å². The van der Waals surface area contributed by atoms with Crippen LogP contribution in [0.3, 0.4) is 0 Å². The Morgan fingerprint density at radius 2 is 1.90 bits per heavy atom. The van der Waals surface area contributed by atoms with E-state index in [9.17, 15) is 9.59 Å². The normalized spacial score (nSPS) is 16.4. The van der Waals surface area contributed by atoms with Crippen LogP contribution in [-0.4, -0.2) is 32.2 Å². The Morgan fingerprint density at radius 3 is 2.67 bits per heavy atom. The maximum Gasteiger partial charge on any atom is 0.331 e. The Bertz CT molecular complexity index is 937. The lowest BCUT2D eigenvalue weighted by Crippen LogP contribution is -2.39. The van der Waals surface area contributed by atoms with Gasteiger partial charge in [0.05, 0.1) is 20.3 Å². The minimum absolute atomic E-state index is 0.0554. The summed E-state index contributed by atoms with van der Waals surface area (Å²) in [5.41, 5.74) is 3.07. The monoisotopic (exact) mass is 409 g/mol. The standard InChI is InChI=1S/C24H27NO5/c1-16(24(27)25-20-12-6-9-17-8-4-5-11-19(17)20)30-22(26)15-14-18-10-7-13-21(28-2)23(18)29-3/h4-5,7-8,10-11,13-16,20H,6,9,12H2,1-3H3,(H,25,27)/b15-14+/t16-,20+/m1/s1. The van der Waals surface area contributed by atoms with Gasteiger partial charge in [-0.2, -0.15) is 0 Å². The summed E-state index contributed by atoms with van der Waals surface area (Å²) in [5.74, 6) is 0.170. The quantitative estimate of drug-likeness (QED) is 0.556. The molecule has 0 saturated heterocycles. The third-order valence-corrected chi connectivity index (χ3v) is 5.18. The van der Waals surface area contributed by atoms with E-state index in [4.69, 9.17) is 14.2 Å². The van der Waals surface area contributed by atoms with Gasteiger partial charge in [-0.25, -0.2) is 4.79 Å². The highest BCUT2D eigenvalue weighted by Gasteiger charge is 2.25. The molecule has 0 aromatic heterocycles. The fourth-order valence-electron chi connectivity index (χ4n) is 3.66. The summed E-state index contributed by atoms with van der Waals surface area (Å²) < 4.78 is 15.9. The number of hydrogen-bond acceptors (Lipinski definition) is 5. The predicted molar refractivity (Wildman–Crippen MR) is 114 cm³/mol. The molecule has 0 saturated carbocycles. The van der Waals surface area contributed by atoms with Crippen LogP contribution in [0.25, 0.3) is 6.08 Å². The molecule has 2 aromatic carbocycles. The van der Waals surface area contributed by atoms with Gasteiger partial charge in [0.2, 0.25) is 0 Å². The van der Waals surface area contributed by atoms with E-state index in [1.165, 1.54) is 18.7 Å². The van der Waals surface area contributed by atoms with Crippen molar-refractivity contribution in [1.82, 2.24) is 5.32 Å². The molecule has 3 rings (SSSR count). The molecule has 1 amide bonds. The molecular weight excluding hydrogens is 382 g/mol. The van der Waals surface area contributed by atoms with Crippen molar-refractivity contribution >= 4 is 18.0 Å². The zero-order valence-electron chi connectivity index (χ0n) is 17.5. The first kappa shape index (κ1) is 21.4. The minimum Gasteiger partial charge on any atom is -0.493 e. The van der Waals surface area contributed by atoms with Gasteiger partial charge in [0.25, 0.3) is 5.91 Å². The highest BCUT2D eigenvalue weighted by molar-refractivity contribution is 5.91. The van der Waals surface area contributed by atoms with E-state index in [-0.39, 0.29) is 11.9 Å². The number of esters is 1. The Morgan fingerprint density at radius 1 is 1.10 bits per heavy atom. The summed E-state index contributed by atoms with van der Waals surface area (Å²) in [6.07, 6.45) is 4.86. The Kier molecular flexibility index (Phi) is 7.12. The highest BCUT2D eigenvalue weighted by atomic mass is 16.5. The lowest BCUT2D eigenvalue weighted by Gasteiger charge is -2.27. The minimum atomic E-state index is -0.900. The molecule has 0 radical (unpaired) electrons. The molecule has 158 valence electrons. The Labute approximate surface area is 176 Å². The fourth-order valence-corrected chi connectivity index (χ4v) is 3.66. The van der Waals surface area contributed by atoms with E-state index in [1.54, 1.807) is 38.3 Å². The summed E-state index contributed by atoms with van der Waals surface area (Å²) >= 11 is 0. The van der Waals surface area contributed by atoms with Gasteiger partial charge in [0, 0.05) is 11.6 Å². The number of para-hydroxylation sites is 1. The number of ether oxygens (including phenoxy) is 3. The van der Waals surface area contributed by atoms with E-state index >= 15 is 0 Å². The number of aryl methyl sites for hydroxylation is 1. The van der Waals surface area contributed by atoms with Crippen LogP contribution in [-0.2, 0) is 20.7 Å². The first-order valence-electron chi connectivity index (χ1n) is 10.0. The average molecular weight is 409 g/mol. The summed E-state index contributed by atoms with van der Waals surface area (Å²) in [7, 11) is 3.08. The molecule has 0 fully saturated rings. The Hall–Kier alpha value is -3.28. The molecule has 0 heterocycles. The molecule has 2 atom stereocenters. The number of carbonyl (C=O) groups is 2. The number of fused-ring (bicyclic) bond motifs is 1. The van der Waals surface area contributed by atoms with Crippen LogP contribution >= 0.6 is 0 Å². The number of nitrogens with one attached hydrogen (secondary N) is 1. The number of rotatable bonds is 7. The van der Waals surface area contributed by atoms with Gasteiger partial charge >= 0.3 is 5.97 Å². The zero-order valence-corrected chi connectivity index (χ0v) is 17.5. The van der Waals surface area contributed by atoms with E-state index in [2.05, 4.69) is 11.4 Å². The van der Waals surface area contributed by atoms with Crippen LogP contribution in [0.5, 0.6) is 11.5 Å². The van der Waals surface area contributed by atoms with Crippen molar-refractivity contribution in [3.63, 3.8) is 0 Å². The fraction of sp³-hybridized carbons (Fsp3) is 0.333. The highest BCUT2D eigenvalue weighted by Crippen LogP contribution is 2.31. The van der Waals surface area contributed by atoms with Crippen molar-refractivity contribution in [2.24, 2.45) is 0 Å². The SMILES string of the molecule is COc1cccc(/C=C/C(=O)O[C@H](C)C(=O)N[C@H]2CCCc3ccccc32)c1OC. The summed E-state index contributed by atoms with van der Waals surface area (Å²) in [5, 5.41) is 3.01. The first-order valence-corrected chi connectivity index (χ1v) is 10.0. The average Bonchev–Trinajstić information content (AvgIpc) is 2.77. The van der Waals surface area contributed by atoms with Gasteiger partial charge in [-0.05, 0) is 49.5 Å². The maximum absolute atomic E-state index is 12.6. The molecule has 0 bridgehead atoms. The van der Waals surface area contributed by atoms with Crippen molar-refractivity contribution in [3.05, 3.63) is 65.2 Å². The molecule has 1 aliphatic rings. The predicted octanol–water partition coefficient (Wildman–Crippen LogP) is 3.84. The number of hydrogen-bond donors (Lipinski definition) is 1. The van der Waals surface area contributed by atoms with E-state index < -0.39 is 12.1 Å². The number of carbonyl (C=O) groups excluding carboxylic acids is 2. The summed E-state index contributed by atoms with van der Waals surface area (Å²) in [6, 6.07) is 13.4. The molecule has 6 nitrogen and oxygen atoms in total. The lowest BCUT2D eigenvalue weighted by atomic mass is 9.87. The molecule has 1 N–H and O–H groups in total. The van der Waals surface area contributed by atoms with Crippen LogP contribution < -0.4 is 14.8 Å². The van der Waals surface area contributed by atoms with Crippen LogP contribution in [0.15, 0.2) is 48.5 Å². The van der Waals surface area contributed by atoms with Gasteiger partial charge in [-0.1, -0.05) is 36.4 Å². The van der Waals surface area contributed by atoms with Crippen molar-refractivity contribution < 1.29 is 23.8 Å². The summed E-state index contributed by atoms with van der Waals surface area (Å²) in [4.78, 5) is 24.8. The molecule has 2 aromatic rings. The third kappa shape index (κ3) is 5.00. The van der Waals surface area contributed by atoms with Crippen molar-refractivity contribution in [2.45, 2.75) is 38.3 Å². The second-order valence-corrected chi connectivity index (χ2v) is 7.15. The Balaban J connectivity index is 1.60.